The van der Waals surface area contributed by atoms with Crippen LogP contribution in [0.5, 0.6) is 5.75 Å². The fourth-order valence-corrected chi connectivity index (χ4v) is 3.16. The molecule has 0 unspecified atom stereocenters. The van der Waals surface area contributed by atoms with Gasteiger partial charge < -0.3 is 10.1 Å². The Labute approximate surface area is 173 Å². The molecule has 0 radical (unpaired) electrons. The summed E-state index contributed by atoms with van der Waals surface area (Å²) < 4.78 is 7.20. The van der Waals surface area contributed by atoms with Gasteiger partial charge in [-0.25, -0.2) is 9.67 Å². The summed E-state index contributed by atoms with van der Waals surface area (Å²) in [6.07, 6.45) is 3.77. The smallest absolute Gasteiger partial charge is 0.269 e. The Balaban J connectivity index is 1.69. The molecule has 1 N–H and O–H groups in total. The Kier molecular flexibility index (Phi) is 6.74. The molecule has 0 aliphatic carbocycles. The van der Waals surface area contributed by atoms with Crippen molar-refractivity contribution >= 4 is 11.6 Å². The maximum atomic E-state index is 12.5. The molecule has 0 aliphatic heterocycles. The standard InChI is InChI=1S/C21H23N5O4/c1-3-19(21(25-14-22-13-23-25)16-6-4-15(2)5-7-16)24-20(27)12-30-18-10-8-17(9-11-18)26(28)29/h4-11,13-14,19,21H,3,12H2,1-2H3,(H,24,27)/t19-,21+/m1/s1. The second-order valence-corrected chi connectivity index (χ2v) is 6.85. The number of hydrogen-bond acceptors (Lipinski definition) is 6. The average molecular weight is 409 g/mol. The Morgan fingerprint density at radius 3 is 2.47 bits per heavy atom. The molecule has 156 valence electrons. The fraction of sp³-hybridized carbons (Fsp3) is 0.286. The van der Waals surface area contributed by atoms with Crippen LogP contribution in [0.2, 0.25) is 0 Å². The number of nitro groups is 1. The molecular formula is C21H23N5O4. The fourth-order valence-electron chi connectivity index (χ4n) is 3.16. The van der Waals surface area contributed by atoms with Crippen LogP contribution in [-0.2, 0) is 4.79 Å². The van der Waals surface area contributed by atoms with Crippen LogP contribution in [0.3, 0.4) is 0 Å². The molecule has 1 heterocycles. The number of nitrogens with zero attached hydrogens (tertiary/aromatic N) is 4. The molecule has 9 nitrogen and oxygen atoms in total. The zero-order valence-corrected chi connectivity index (χ0v) is 16.8. The summed E-state index contributed by atoms with van der Waals surface area (Å²) in [5.41, 5.74) is 2.12. The predicted octanol–water partition coefficient (Wildman–Crippen LogP) is 3.06. The topological polar surface area (TPSA) is 112 Å². The molecule has 0 fully saturated rings. The van der Waals surface area contributed by atoms with Crippen molar-refractivity contribution in [2.75, 3.05) is 6.61 Å². The number of rotatable bonds is 9. The van der Waals surface area contributed by atoms with E-state index in [2.05, 4.69) is 15.4 Å². The van der Waals surface area contributed by atoms with Crippen LogP contribution < -0.4 is 10.1 Å². The molecule has 1 amide bonds. The molecule has 0 spiro atoms. The molecule has 9 heteroatoms. The van der Waals surface area contributed by atoms with Crippen molar-refractivity contribution in [2.24, 2.45) is 0 Å². The normalized spacial score (nSPS) is 12.7. The molecule has 0 saturated heterocycles. The summed E-state index contributed by atoms with van der Waals surface area (Å²) in [5.74, 6) is 0.0904. The van der Waals surface area contributed by atoms with Crippen LogP contribution in [0, 0.1) is 17.0 Å². The number of nitro benzene ring substituents is 1. The Morgan fingerprint density at radius 2 is 1.90 bits per heavy atom. The first-order valence-corrected chi connectivity index (χ1v) is 9.55. The van der Waals surface area contributed by atoms with Crippen molar-refractivity contribution in [3.05, 3.63) is 82.4 Å². The van der Waals surface area contributed by atoms with Crippen LogP contribution in [-0.4, -0.2) is 38.2 Å². The molecule has 3 aromatic rings. The van der Waals surface area contributed by atoms with Crippen molar-refractivity contribution in [1.82, 2.24) is 20.1 Å². The number of aromatic nitrogens is 3. The van der Waals surface area contributed by atoms with E-state index in [0.717, 1.165) is 11.1 Å². The van der Waals surface area contributed by atoms with Gasteiger partial charge in [-0.1, -0.05) is 36.8 Å². The lowest BCUT2D eigenvalue weighted by Crippen LogP contribution is -2.43. The molecule has 2 aromatic carbocycles. The van der Waals surface area contributed by atoms with Gasteiger partial charge in [-0.05, 0) is 31.0 Å². The molecule has 1 aromatic heterocycles. The van der Waals surface area contributed by atoms with E-state index in [-0.39, 0.29) is 30.3 Å². The van der Waals surface area contributed by atoms with Gasteiger partial charge in [0.05, 0.1) is 17.0 Å². The number of amides is 1. The highest BCUT2D eigenvalue weighted by Gasteiger charge is 2.26. The number of aryl methyl sites for hydroxylation is 1. The van der Waals surface area contributed by atoms with Crippen LogP contribution in [0.1, 0.15) is 30.5 Å². The van der Waals surface area contributed by atoms with Gasteiger partial charge in [-0.15, -0.1) is 0 Å². The van der Waals surface area contributed by atoms with E-state index in [1.165, 1.54) is 30.6 Å². The second kappa shape index (κ2) is 9.64. The average Bonchev–Trinajstić information content (AvgIpc) is 3.27. The lowest BCUT2D eigenvalue weighted by atomic mass is 9.96. The number of carbonyl (C=O) groups excluding carboxylic acids is 1. The van der Waals surface area contributed by atoms with E-state index in [4.69, 9.17) is 4.74 Å². The van der Waals surface area contributed by atoms with E-state index < -0.39 is 4.92 Å². The zero-order valence-electron chi connectivity index (χ0n) is 16.8. The van der Waals surface area contributed by atoms with Gasteiger partial charge in [0.2, 0.25) is 0 Å². The molecule has 30 heavy (non-hydrogen) atoms. The van der Waals surface area contributed by atoms with E-state index in [1.54, 1.807) is 11.0 Å². The summed E-state index contributed by atoms with van der Waals surface area (Å²) in [6, 6.07) is 13.2. The minimum absolute atomic E-state index is 0.0355. The molecular weight excluding hydrogens is 386 g/mol. The van der Waals surface area contributed by atoms with Gasteiger partial charge in [0.1, 0.15) is 18.4 Å². The van der Waals surface area contributed by atoms with Gasteiger partial charge in [0.15, 0.2) is 6.61 Å². The van der Waals surface area contributed by atoms with Crippen molar-refractivity contribution in [3.63, 3.8) is 0 Å². The largest absolute Gasteiger partial charge is 0.484 e. The lowest BCUT2D eigenvalue weighted by Gasteiger charge is -2.27. The van der Waals surface area contributed by atoms with Gasteiger partial charge in [0.25, 0.3) is 11.6 Å². The highest BCUT2D eigenvalue weighted by Crippen LogP contribution is 2.24. The summed E-state index contributed by atoms with van der Waals surface area (Å²) in [5, 5.41) is 18.0. The number of non-ortho nitro benzene ring substituents is 1. The molecule has 0 bridgehead atoms. The summed E-state index contributed by atoms with van der Waals surface area (Å²) in [7, 11) is 0. The Hall–Kier alpha value is -3.75. The first-order chi connectivity index (χ1) is 14.5. The number of benzene rings is 2. The maximum absolute atomic E-state index is 12.5. The van der Waals surface area contributed by atoms with Gasteiger partial charge >= 0.3 is 0 Å². The minimum atomic E-state index is -0.488. The Morgan fingerprint density at radius 1 is 1.20 bits per heavy atom. The molecule has 3 rings (SSSR count). The van der Waals surface area contributed by atoms with E-state index >= 15 is 0 Å². The van der Waals surface area contributed by atoms with Gasteiger partial charge in [0, 0.05) is 12.1 Å². The highest BCUT2D eigenvalue weighted by atomic mass is 16.6. The van der Waals surface area contributed by atoms with Crippen LogP contribution in [0.15, 0.2) is 61.2 Å². The lowest BCUT2D eigenvalue weighted by molar-refractivity contribution is -0.384. The quantitative estimate of drug-likeness (QED) is 0.429. The van der Waals surface area contributed by atoms with Gasteiger partial charge in [-0.3, -0.25) is 14.9 Å². The van der Waals surface area contributed by atoms with Crippen molar-refractivity contribution < 1.29 is 14.5 Å². The number of ether oxygens (including phenoxy) is 1. The van der Waals surface area contributed by atoms with E-state index in [9.17, 15) is 14.9 Å². The summed E-state index contributed by atoms with van der Waals surface area (Å²) >= 11 is 0. The summed E-state index contributed by atoms with van der Waals surface area (Å²) in [4.78, 5) is 26.8. The second-order valence-electron chi connectivity index (χ2n) is 6.85. The Bertz CT molecular complexity index is 972. The number of carbonyl (C=O) groups is 1. The third-order valence-electron chi connectivity index (χ3n) is 4.73. The number of hydrogen-bond donors (Lipinski definition) is 1. The van der Waals surface area contributed by atoms with Crippen molar-refractivity contribution in [3.8, 4) is 5.75 Å². The van der Waals surface area contributed by atoms with Crippen LogP contribution in [0.4, 0.5) is 5.69 Å². The van der Waals surface area contributed by atoms with Crippen LogP contribution >= 0.6 is 0 Å². The highest BCUT2D eigenvalue weighted by molar-refractivity contribution is 5.78. The van der Waals surface area contributed by atoms with E-state index in [0.29, 0.717) is 12.2 Å². The summed E-state index contributed by atoms with van der Waals surface area (Å²) in [6.45, 7) is 3.80. The number of nitrogens with one attached hydrogen (secondary N) is 1. The minimum Gasteiger partial charge on any atom is -0.484 e. The van der Waals surface area contributed by atoms with Crippen molar-refractivity contribution in [1.29, 1.82) is 0 Å². The van der Waals surface area contributed by atoms with Crippen molar-refractivity contribution in [2.45, 2.75) is 32.4 Å². The third-order valence-corrected chi connectivity index (χ3v) is 4.73. The first-order valence-electron chi connectivity index (χ1n) is 9.55. The predicted molar refractivity (Wildman–Crippen MR) is 110 cm³/mol. The molecule has 2 atom stereocenters. The van der Waals surface area contributed by atoms with Gasteiger partial charge in [-0.2, -0.15) is 5.10 Å². The third kappa shape index (κ3) is 5.19. The molecule has 0 saturated carbocycles. The molecule has 0 aliphatic rings. The SMILES string of the molecule is CC[C@@H](NC(=O)COc1ccc([N+](=O)[O-])cc1)[C@H](c1ccc(C)cc1)n1cncn1. The zero-order chi connectivity index (χ0) is 21.5. The maximum Gasteiger partial charge on any atom is 0.269 e. The van der Waals surface area contributed by atoms with Crippen LogP contribution in [0.25, 0.3) is 0 Å². The monoisotopic (exact) mass is 409 g/mol. The first kappa shape index (κ1) is 21.0. The van der Waals surface area contributed by atoms with E-state index in [1.807, 2.05) is 38.1 Å².